The normalized spacial score (nSPS) is 12.2. The molecule has 2 rings (SSSR count). The van der Waals surface area contributed by atoms with Crippen molar-refractivity contribution >= 4 is 0 Å². The van der Waals surface area contributed by atoms with E-state index in [4.69, 9.17) is 4.74 Å². The monoisotopic (exact) mass is 260 g/mol. The van der Waals surface area contributed by atoms with Crippen molar-refractivity contribution in [3.63, 3.8) is 0 Å². The second-order valence-electron chi connectivity index (χ2n) is 4.47. The van der Waals surface area contributed by atoms with Crippen LogP contribution < -0.4 is 4.74 Å². The average molecular weight is 260 g/mol. The van der Waals surface area contributed by atoms with Crippen molar-refractivity contribution in [1.29, 1.82) is 0 Å². The summed E-state index contributed by atoms with van der Waals surface area (Å²) in [5, 5.41) is 9.96. The standard InChI is InChI=1S/C16H17FO2/c1-3-14(18)13-6-4-5-7-16(13)19-15-9-8-12(17)10-11(15)2/h4-10,14,18H,3H2,1-2H3/t14-/m0/s1. The number of hydrogen-bond acceptors (Lipinski definition) is 2. The molecule has 0 spiro atoms. The number of aliphatic hydroxyl groups excluding tert-OH is 1. The lowest BCUT2D eigenvalue weighted by Gasteiger charge is -2.15. The van der Waals surface area contributed by atoms with Gasteiger partial charge in [0.25, 0.3) is 0 Å². The summed E-state index contributed by atoms with van der Waals surface area (Å²) in [5.74, 6) is 0.912. The summed E-state index contributed by atoms with van der Waals surface area (Å²) in [7, 11) is 0. The maximum absolute atomic E-state index is 13.1. The van der Waals surface area contributed by atoms with Crippen LogP contribution >= 0.6 is 0 Å². The molecule has 0 aromatic heterocycles. The number of halogens is 1. The van der Waals surface area contributed by atoms with Gasteiger partial charge in [-0.15, -0.1) is 0 Å². The van der Waals surface area contributed by atoms with Crippen LogP contribution in [0.15, 0.2) is 42.5 Å². The van der Waals surface area contributed by atoms with Crippen molar-refractivity contribution in [3.8, 4) is 11.5 Å². The van der Waals surface area contributed by atoms with E-state index in [1.165, 1.54) is 12.1 Å². The summed E-state index contributed by atoms with van der Waals surface area (Å²) in [6, 6.07) is 11.7. The second-order valence-corrected chi connectivity index (χ2v) is 4.47. The maximum atomic E-state index is 13.1. The number of rotatable bonds is 4. The zero-order valence-electron chi connectivity index (χ0n) is 11.1. The van der Waals surface area contributed by atoms with Crippen LogP contribution in [0.4, 0.5) is 4.39 Å². The summed E-state index contributed by atoms with van der Waals surface area (Å²) < 4.78 is 18.8. The molecular weight excluding hydrogens is 243 g/mol. The molecule has 0 saturated heterocycles. The van der Waals surface area contributed by atoms with Crippen LogP contribution in [0.1, 0.15) is 30.6 Å². The third kappa shape index (κ3) is 3.12. The summed E-state index contributed by atoms with van der Waals surface area (Å²) in [4.78, 5) is 0. The molecule has 0 aliphatic carbocycles. The van der Waals surface area contributed by atoms with Crippen molar-refractivity contribution in [3.05, 3.63) is 59.4 Å². The van der Waals surface area contributed by atoms with Gasteiger partial charge in [-0.05, 0) is 43.2 Å². The predicted molar refractivity (Wildman–Crippen MR) is 72.9 cm³/mol. The molecule has 3 heteroatoms. The van der Waals surface area contributed by atoms with E-state index in [2.05, 4.69) is 0 Å². The summed E-state index contributed by atoms with van der Waals surface area (Å²) in [5.41, 5.74) is 1.47. The van der Waals surface area contributed by atoms with Gasteiger partial charge >= 0.3 is 0 Å². The van der Waals surface area contributed by atoms with Crippen molar-refractivity contribution in [2.75, 3.05) is 0 Å². The van der Waals surface area contributed by atoms with E-state index in [0.29, 0.717) is 17.9 Å². The molecule has 2 nitrogen and oxygen atoms in total. The first-order chi connectivity index (χ1) is 9.11. The highest BCUT2D eigenvalue weighted by atomic mass is 19.1. The Morgan fingerprint density at radius 2 is 1.89 bits per heavy atom. The molecule has 0 amide bonds. The van der Waals surface area contributed by atoms with E-state index in [1.807, 2.05) is 25.1 Å². The van der Waals surface area contributed by atoms with E-state index >= 15 is 0 Å². The molecule has 19 heavy (non-hydrogen) atoms. The highest BCUT2D eigenvalue weighted by molar-refractivity contribution is 5.41. The first-order valence-electron chi connectivity index (χ1n) is 6.32. The lowest BCUT2D eigenvalue weighted by atomic mass is 10.1. The van der Waals surface area contributed by atoms with Crippen LogP contribution in [0.25, 0.3) is 0 Å². The van der Waals surface area contributed by atoms with Crippen molar-refractivity contribution in [2.45, 2.75) is 26.4 Å². The molecule has 0 heterocycles. The molecule has 1 N–H and O–H groups in total. The molecule has 1 atom stereocenters. The van der Waals surface area contributed by atoms with Gasteiger partial charge in [0.15, 0.2) is 0 Å². The highest BCUT2D eigenvalue weighted by Gasteiger charge is 2.12. The third-order valence-corrected chi connectivity index (χ3v) is 3.02. The Bertz CT molecular complexity index is 566. The van der Waals surface area contributed by atoms with Gasteiger partial charge in [0.05, 0.1) is 6.10 Å². The van der Waals surface area contributed by atoms with E-state index < -0.39 is 6.10 Å². The minimum Gasteiger partial charge on any atom is -0.457 e. The van der Waals surface area contributed by atoms with E-state index in [-0.39, 0.29) is 5.82 Å². The molecule has 2 aromatic rings. The van der Waals surface area contributed by atoms with E-state index in [1.54, 1.807) is 19.1 Å². The van der Waals surface area contributed by atoms with Crippen LogP contribution in [-0.4, -0.2) is 5.11 Å². The fourth-order valence-corrected chi connectivity index (χ4v) is 1.91. The van der Waals surface area contributed by atoms with E-state index in [9.17, 15) is 9.50 Å². The zero-order chi connectivity index (χ0) is 13.8. The Morgan fingerprint density at radius 1 is 1.16 bits per heavy atom. The Hall–Kier alpha value is -1.87. The van der Waals surface area contributed by atoms with Crippen LogP contribution in [0.2, 0.25) is 0 Å². The number of para-hydroxylation sites is 1. The summed E-state index contributed by atoms with van der Waals surface area (Å²) in [6.07, 6.45) is 0.0555. The van der Waals surface area contributed by atoms with Gasteiger partial charge < -0.3 is 9.84 Å². The fourth-order valence-electron chi connectivity index (χ4n) is 1.91. The van der Waals surface area contributed by atoms with Gasteiger partial charge in [-0.1, -0.05) is 25.1 Å². The Morgan fingerprint density at radius 3 is 2.58 bits per heavy atom. The Labute approximate surface area is 112 Å². The minimum absolute atomic E-state index is 0.285. The smallest absolute Gasteiger partial charge is 0.133 e. The SMILES string of the molecule is CC[C@H](O)c1ccccc1Oc1ccc(F)cc1C. The first kappa shape index (κ1) is 13.6. The number of ether oxygens (including phenoxy) is 1. The minimum atomic E-state index is -0.558. The molecule has 0 saturated carbocycles. The molecule has 100 valence electrons. The number of benzene rings is 2. The Kier molecular flexibility index (Phi) is 4.17. The van der Waals surface area contributed by atoms with Gasteiger partial charge in [0.1, 0.15) is 17.3 Å². The first-order valence-corrected chi connectivity index (χ1v) is 6.32. The number of aliphatic hydroxyl groups is 1. The van der Waals surface area contributed by atoms with Gasteiger partial charge in [0.2, 0.25) is 0 Å². The summed E-state index contributed by atoms with van der Waals surface area (Å²) in [6.45, 7) is 3.70. The molecule has 2 aromatic carbocycles. The largest absolute Gasteiger partial charge is 0.457 e. The van der Waals surface area contributed by atoms with Gasteiger partial charge in [-0.3, -0.25) is 0 Å². The molecule has 0 aliphatic heterocycles. The van der Waals surface area contributed by atoms with E-state index in [0.717, 1.165) is 11.1 Å². The number of hydrogen-bond donors (Lipinski definition) is 1. The maximum Gasteiger partial charge on any atom is 0.133 e. The average Bonchev–Trinajstić information content (AvgIpc) is 2.41. The zero-order valence-corrected chi connectivity index (χ0v) is 11.1. The van der Waals surface area contributed by atoms with Crippen LogP contribution in [0, 0.1) is 12.7 Å². The van der Waals surface area contributed by atoms with Crippen LogP contribution in [0.5, 0.6) is 11.5 Å². The van der Waals surface area contributed by atoms with Gasteiger partial charge in [-0.25, -0.2) is 4.39 Å². The predicted octanol–water partition coefficient (Wildman–Crippen LogP) is 4.37. The highest BCUT2D eigenvalue weighted by Crippen LogP contribution is 2.32. The van der Waals surface area contributed by atoms with Gasteiger partial charge in [0, 0.05) is 5.56 Å². The Balaban J connectivity index is 2.33. The molecular formula is C16H17FO2. The fraction of sp³-hybridized carbons (Fsp3) is 0.250. The molecule has 0 unspecified atom stereocenters. The molecule has 0 fully saturated rings. The molecule has 0 bridgehead atoms. The van der Waals surface area contributed by atoms with Crippen molar-refractivity contribution < 1.29 is 14.2 Å². The van der Waals surface area contributed by atoms with Crippen LogP contribution in [0.3, 0.4) is 0 Å². The molecule has 0 aliphatic rings. The third-order valence-electron chi connectivity index (χ3n) is 3.02. The lowest BCUT2D eigenvalue weighted by molar-refractivity contribution is 0.170. The van der Waals surface area contributed by atoms with Crippen molar-refractivity contribution in [1.82, 2.24) is 0 Å². The van der Waals surface area contributed by atoms with Gasteiger partial charge in [-0.2, -0.15) is 0 Å². The quantitative estimate of drug-likeness (QED) is 0.884. The topological polar surface area (TPSA) is 29.5 Å². The lowest BCUT2D eigenvalue weighted by Crippen LogP contribution is -1.99. The summed E-state index contributed by atoms with van der Waals surface area (Å²) >= 11 is 0. The number of aryl methyl sites for hydroxylation is 1. The van der Waals surface area contributed by atoms with Crippen LogP contribution in [-0.2, 0) is 0 Å². The second kappa shape index (κ2) is 5.85. The van der Waals surface area contributed by atoms with Crippen molar-refractivity contribution in [2.24, 2.45) is 0 Å². The molecule has 0 radical (unpaired) electrons.